The molecule has 18 heavy (non-hydrogen) atoms. The van der Waals surface area contributed by atoms with Crippen LogP contribution in [0.4, 0.5) is 0 Å². The van der Waals surface area contributed by atoms with Crippen LogP contribution >= 0.6 is 39.1 Å². The minimum atomic E-state index is 0.271. The average Bonchev–Trinajstić information content (AvgIpc) is 2.34. The van der Waals surface area contributed by atoms with Crippen molar-refractivity contribution >= 4 is 39.1 Å². The van der Waals surface area contributed by atoms with E-state index in [1.54, 1.807) is 0 Å². The summed E-state index contributed by atoms with van der Waals surface area (Å²) in [4.78, 5) is 0. The van der Waals surface area contributed by atoms with Crippen LogP contribution < -0.4 is 10.1 Å². The molecule has 2 nitrogen and oxygen atoms in total. The highest BCUT2D eigenvalue weighted by molar-refractivity contribution is 9.10. The van der Waals surface area contributed by atoms with E-state index in [9.17, 15) is 0 Å². The van der Waals surface area contributed by atoms with Gasteiger partial charge < -0.3 is 10.1 Å². The maximum atomic E-state index is 5.76. The van der Waals surface area contributed by atoms with Gasteiger partial charge in [0.2, 0.25) is 0 Å². The first-order chi connectivity index (χ1) is 8.52. The van der Waals surface area contributed by atoms with Gasteiger partial charge in [0.1, 0.15) is 12.4 Å². The van der Waals surface area contributed by atoms with Crippen molar-refractivity contribution in [1.82, 2.24) is 5.32 Å². The fourth-order valence-corrected chi connectivity index (χ4v) is 1.93. The molecule has 0 amide bonds. The number of rotatable bonds is 6. The second-order valence-electron chi connectivity index (χ2n) is 4.15. The molecule has 0 atom stereocenters. The van der Waals surface area contributed by atoms with Gasteiger partial charge in [-0.15, -0.1) is 0 Å². The first kappa shape index (κ1) is 15.8. The van der Waals surface area contributed by atoms with E-state index < -0.39 is 0 Å². The molecule has 1 aromatic rings. The third kappa shape index (κ3) is 5.61. The molecule has 0 heterocycles. The van der Waals surface area contributed by atoms with Crippen LogP contribution in [0.1, 0.15) is 19.4 Å². The van der Waals surface area contributed by atoms with Crippen molar-refractivity contribution in [2.24, 2.45) is 0 Å². The van der Waals surface area contributed by atoms with E-state index in [1.165, 1.54) is 11.1 Å². The largest absolute Gasteiger partial charge is 0.487 e. The smallest absolute Gasteiger partial charge is 0.134 e. The summed E-state index contributed by atoms with van der Waals surface area (Å²) in [7, 11) is 0. The van der Waals surface area contributed by atoms with Crippen LogP contribution in [-0.4, -0.2) is 12.6 Å². The predicted molar refractivity (Wildman–Crippen MR) is 81.4 cm³/mol. The summed E-state index contributed by atoms with van der Waals surface area (Å²) in [6.07, 6.45) is 0. The molecule has 0 aliphatic rings. The lowest BCUT2D eigenvalue weighted by Crippen LogP contribution is -2.21. The molecule has 1 aromatic carbocycles. The Labute approximate surface area is 126 Å². The highest BCUT2D eigenvalue weighted by Gasteiger charge is 2.04. The SMILES string of the molecule is CC(C)NCc1ccc(OCC(Cl)=CCl)c(Br)c1. The van der Waals surface area contributed by atoms with Crippen LogP contribution in [0.25, 0.3) is 0 Å². The van der Waals surface area contributed by atoms with Crippen LogP contribution in [0, 0.1) is 0 Å². The van der Waals surface area contributed by atoms with Gasteiger partial charge >= 0.3 is 0 Å². The predicted octanol–water partition coefficient (Wildman–Crippen LogP) is 4.64. The Morgan fingerprint density at radius 3 is 2.78 bits per heavy atom. The van der Waals surface area contributed by atoms with Crippen LogP contribution in [0.3, 0.4) is 0 Å². The summed E-state index contributed by atoms with van der Waals surface area (Å²) >= 11 is 14.7. The van der Waals surface area contributed by atoms with Crippen molar-refractivity contribution in [2.75, 3.05) is 6.61 Å². The van der Waals surface area contributed by atoms with E-state index in [1.807, 2.05) is 18.2 Å². The molecule has 0 radical (unpaired) electrons. The molecule has 1 N–H and O–H groups in total. The minimum Gasteiger partial charge on any atom is -0.487 e. The van der Waals surface area contributed by atoms with Gasteiger partial charge in [0.15, 0.2) is 0 Å². The summed E-state index contributed by atoms with van der Waals surface area (Å²) in [5.41, 5.74) is 2.50. The third-order valence-electron chi connectivity index (χ3n) is 2.19. The van der Waals surface area contributed by atoms with E-state index in [0.29, 0.717) is 11.1 Å². The van der Waals surface area contributed by atoms with Gasteiger partial charge in [-0.1, -0.05) is 43.1 Å². The first-order valence-electron chi connectivity index (χ1n) is 5.62. The zero-order valence-corrected chi connectivity index (χ0v) is 13.4. The molecule has 0 spiro atoms. The van der Waals surface area contributed by atoms with E-state index in [-0.39, 0.29) is 6.61 Å². The number of hydrogen-bond acceptors (Lipinski definition) is 2. The van der Waals surface area contributed by atoms with E-state index in [2.05, 4.69) is 35.1 Å². The number of benzene rings is 1. The number of nitrogens with one attached hydrogen (secondary N) is 1. The lowest BCUT2D eigenvalue weighted by molar-refractivity contribution is 0.357. The topological polar surface area (TPSA) is 21.3 Å². The highest BCUT2D eigenvalue weighted by atomic mass is 79.9. The summed E-state index contributed by atoms with van der Waals surface area (Å²) in [5, 5.41) is 3.83. The van der Waals surface area contributed by atoms with Gasteiger partial charge in [0, 0.05) is 18.1 Å². The lowest BCUT2D eigenvalue weighted by Gasteiger charge is -2.11. The Hall–Kier alpha value is -0.220. The number of halogens is 3. The molecule has 100 valence electrons. The van der Waals surface area contributed by atoms with Crippen molar-refractivity contribution in [2.45, 2.75) is 26.4 Å². The third-order valence-corrected chi connectivity index (χ3v) is 3.41. The Bertz CT molecular complexity index is 421. The molecule has 0 saturated heterocycles. The quantitative estimate of drug-likeness (QED) is 0.804. The Morgan fingerprint density at radius 2 is 2.22 bits per heavy atom. The van der Waals surface area contributed by atoms with Gasteiger partial charge in [0.05, 0.1) is 9.51 Å². The van der Waals surface area contributed by atoms with Gasteiger partial charge in [-0.3, -0.25) is 0 Å². The van der Waals surface area contributed by atoms with Crippen LogP contribution in [0.15, 0.2) is 33.2 Å². The molecule has 0 bridgehead atoms. The van der Waals surface area contributed by atoms with Gasteiger partial charge in [-0.2, -0.15) is 0 Å². The van der Waals surface area contributed by atoms with Crippen LogP contribution in [0.5, 0.6) is 5.75 Å². The monoisotopic (exact) mass is 351 g/mol. The summed E-state index contributed by atoms with van der Waals surface area (Å²) in [6.45, 7) is 5.34. The number of hydrogen-bond donors (Lipinski definition) is 1. The van der Waals surface area contributed by atoms with E-state index in [4.69, 9.17) is 27.9 Å². The van der Waals surface area contributed by atoms with Crippen molar-refractivity contribution < 1.29 is 4.74 Å². The molecule has 5 heteroatoms. The Morgan fingerprint density at radius 1 is 1.50 bits per heavy atom. The van der Waals surface area contributed by atoms with Crippen LogP contribution in [-0.2, 0) is 6.54 Å². The molecule has 0 aliphatic heterocycles. The average molecular weight is 353 g/mol. The van der Waals surface area contributed by atoms with Crippen LogP contribution in [0.2, 0.25) is 0 Å². The fraction of sp³-hybridized carbons (Fsp3) is 0.385. The van der Waals surface area contributed by atoms with Crippen molar-refractivity contribution in [3.05, 3.63) is 38.8 Å². The molecule has 0 unspecified atom stereocenters. The number of ether oxygens (including phenoxy) is 1. The van der Waals surface area contributed by atoms with Crippen molar-refractivity contribution in [3.63, 3.8) is 0 Å². The Kier molecular flexibility index (Phi) is 7.08. The van der Waals surface area contributed by atoms with Gasteiger partial charge in [-0.05, 0) is 33.6 Å². The zero-order valence-electron chi connectivity index (χ0n) is 10.3. The summed E-state index contributed by atoms with van der Waals surface area (Å²) in [5.74, 6) is 0.750. The van der Waals surface area contributed by atoms with E-state index in [0.717, 1.165) is 16.8 Å². The maximum Gasteiger partial charge on any atom is 0.134 e. The molecular weight excluding hydrogens is 337 g/mol. The van der Waals surface area contributed by atoms with Crippen molar-refractivity contribution in [3.8, 4) is 5.75 Å². The lowest BCUT2D eigenvalue weighted by atomic mass is 10.2. The summed E-state index contributed by atoms with van der Waals surface area (Å²) in [6, 6.07) is 6.43. The second kappa shape index (κ2) is 8.05. The van der Waals surface area contributed by atoms with E-state index >= 15 is 0 Å². The zero-order chi connectivity index (χ0) is 13.5. The molecular formula is C13H16BrCl2NO. The summed E-state index contributed by atoms with van der Waals surface area (Å²) < 4.78 is 6.43. The Balaban J connectivity index is 2.62. The normalized spacial score (nSPS) is 12.0. The molecule has 0 aliphatic carbocycles. The van der Waals surface area contributed by atoms with Gasteiger partial charge in [-0.25, -0.2) is 0 Å². The second-order valence-corrected chi connectivity index (χ2v) is 5.70. The van der Waals surface area contributed by atoms with Crippen molar-refractivity contribution in [1.29, 1.82) is 0 Å². The maximum absolute atomic E-state index is 5.76. The molecule has 1 rings (SSSR count). The highest BCUT2D eigenvalue weighted by Crippen LogP contribution is 2.26. The molecule has 0 saturated carbocycles. The standard InChI is InChI=1S/C13H16BrCl2NO/c1-9(2)17-7-10-3-4-13(12(14)5-10)18-8-11(16)6-15/h3-6,9,17H,7-8H2,1-2H3. The molecule has 0 fully saturated rings. The molecule has 0 aromatic heterocycles. The fourth-order valence-electron chi connectivity index (χ4n) is 1.27. The van der Waals surface area contributed by atoms with Gasteiger partial charge in [0.25, 0.3) is 0 Å². The minimum absolute atomic E-state index is 0.271. The first-order valence-corrected chi connectivity index (χ1v) is 7.23.